The van der Waals surface area contributed by atoms with Crippen molar-refractivity contribution in [2.45, 2.75) is 31.5 Å². The van der Waals surface area contributed by atoms with E-state index < -0.39 is 5.76 Å². The number of nitrogens with one attached hydrogen (secondary N) is 1. The number of furan rings is 1. The summed E-state index contributed by atoms with van der Waals surface area (Å²) in [5.41, 5.74) is 0. The molecule has 19 heavy (non-hydrogen) atoms. The van der Waals surface area contributed by atoms with Crippen molar-refractivity contribution < 1.29 is 17.7 Å². The topological polar surface area (TPSA) is 64.1 Å². The molecule has 0 saturated carbocycles. The minimum absolute atomic E-state index is 0.167. The first kappa shape index (κ1) is 14.0. The fraction of sp³-hybridized carbons (Fsp3) is 0.455. The van der Waals surface area contributed by atoms with Crippen molar-refractivity contribution in [3.05, 3.63) is 35.4 Å². The summed E-state index contributed by atoms with van der Waals surface area (Å²) in [6.45, 7) is 2.65. The fourth-order valence-electron chi connectivity index (χ4n) is 1.44. The van der Waals surface area contributed by atoms with Crippen molar-refractivity contribution in [1.82, 2.24) is 15.5 Å². The Morgan fingerprint density at radius 2 is 2.11 bits per heavy atom. The molecule has 0 aliphatic rings. The first-order valence-corrected chi connectivity index (χ1v) is 6.65. The molecule has 8 heteroatoms. The molecular weight excluding hydrogens is 276 g/mol. The molecule has 0 radical (unpaired) electrons. The van der Waals surface area contributed by atoms with Crippen LogP contribution in [0.15, 0.2) is 21.1 Å². The van der Waals surface area contributed by atoms with Gasteiger partial charge < -0.3 is 14.3 Å². The Morgan fingerprint density at radius 3 is 2.79 bits per heavy atom. The predicted octanol–water partition coefficient (Wildman–Crippen LogP) is 2.72. The second-order valence-corrected chi connectivity index (χ2v) is 4.76. The number of aryl methyl sites for hydroxylation is 1. The highest BCUT2D eigenvalue weighted by atomic mass is 32.2. The Kier molecular flexibility index (Phi) is 4.92. The van der Waals surface area contributed by atoms with Crippen LogP contribution in [0.1, 0.15) is 23.2 Å². The first-order valence-electron chi connectivity index (χ1n) is 5.61. The molecule has 0 unspecified atom stereocenters. The molecule has 5 nitrogen and oxygen atoms in total. The minimum Gasteiger partial charge on any atom is -0.464 e. The lowest BCUT2D eigenvalue weighted by molar-refractivity contribution is 0.251. The summed E-state index contributed by atoms with van der Waals surface area (Å²) in [5.74, 6) is 0.0866. The van der Waals surface area contributed by atoms with Crippen LogP contribution in [-0.4, -0.2) is 15.9 Å². The van der Waals surface area contributed by atoms with Crippen LogP contribution in [0.5, 0.6) is 0 Å². The maximum Gasteiger partial charge on any atom is 0.284 e. The molecule has 0 aliphatic heterocycles. The van der Waals surface area contributed by atoms with Crippen LogP contribution in [0.25, 0.3) is 0 Å². The van der Waals surface area contributed by atoms with Crippen LogP contribution in [0.4, 0.5) is 8.78 Å². The van der Waals surface area contributed by atoms with E-state index in [0.29, 0.717) is 48.1 Å². The van der Waals surface area contributed by atoms with Crippen LogP contribution >= 0.6 is 11.8 Å². The molecule has 0 aromatic carbocycles. The molecule has 0 bridgehead atoms. The van der Waals surface area contributed by atoms with Crippen LogP contribution in [0, 0.1) is 6.92 Å². The van der Waals surface area contributed by atoms with Gasteiger partial charge >= 0.3 is 0 Å². The SMILES string of the molecule is Cc1noc(CNCc2ccc(CSC(F)F)o2)n1. The molecule has 2 heterocycles. The highest BCUT2D eigenvalue weighted by Crippen LogP contribution is 2.21. The average Bonchev–Trinajstić information content (AvgIpc) is 2.96. The zero-order valence-corrected chi connectivity index (χ0v) is 11.0. The maximum absolute atomic E-state index is 12.0. The van der Waals surface area contributed by atoms with Crippen LogP contribution in [0.3, 0.4) is 0 Å². The largest absolute Gasteiger partial charge is 0.464 e. The van der Waals surface area contributed by atoms with E-state index in [1.165, 1.54) is 0 Å². The third kappa shape index (κ3) is 4.64. The Labute approximate surface area is 112 Å². The molecule has 0 amide bonds. The monoisotopic (exact) mass is 289 g/mol. The first-order chi connectivity index (χ1) is 9.13. The molecule has 2 aromatic heterocycles. The standard InChI is InChI=1S/C11H13F2N3O2S/c1-7-15-10(18-16-7)5-14-4-8-2-3-9(17-8)6-19-11(12)13/h2-3,11,14H,4-6H2,1H3. The lowest BCUT2D eigenvalue weighted by Crippen LogP contribution is -2.12. The van der Waals surface area contributed by atoms with Crippen molar-refractivity contribution >= 4 is 11.8 Å². The van der Waals surface area contributed by atoms with Crippen LogP contribution < -0.4 is 5.32 Å². The lowest BCUT2D eigenvalue weighted by atomic mass is 10.4. The number of aromatic nitrogens is 2. The molecule has 2 aromatic rings. The number of rotatable bonds is 7. The summed E-state index contributed by atoms with van der Waals surface area (Å²) in [5, 5.41) is 6.73. The van der Waals surface area contributed by atoms with E-state index in [1.807, 2.05) is 0 Å². The summed E-state index contributed by atoms with van der Waals surface area (Å²) >= 11 is 0.540. The quantitative estimate of drug-likeness (QED) is 0.845. The van der Waals surface area contributed by atoms with Crippen molar-refractivity contribution in [1.29, 1.82) is 0 Å². The Bertz CT molecular complexity index is 516. The van der Waals surface area contributed by atoms with Gasteiger partial charge in [0.15, 0.2) is 5.82 Å². The molecule has 104 valence electrons. The van der Waals surface area contributed by atoms with Gasteiger partial charge in [0.2, 0.25) is 5.89 Å². The van der Waals surface area contributed by atoms with E-state index in [4.69, 9.17) is 8.94 Å². The minimum atomic E-state index is -2.38. The summed E-state index contributed by atoms with van der Waals surface area (Å²) in [6.07, 6.45) is 0. The van der Waals surface area contributed by atoms with E-state index in [2.05, 4.69) is 15.5 Å². The van der Waals surface area contributed by atoms with Gasteiger partial charge in [0.25, 0.3) is 5.76 Å². The van der Waals surface area contributed by atoms with Gasteiger partial charge in [0.1, 0.15) is 11.5 Å². The predicted molar refractivity (Wildman–Crippen MR) is 65.6 cm³/mol. The number of hydrogen-bond acceptors (Lipinski definition) is 6. The highest BCUT2D eigenvalue weighted by molar-refractivity contribution is 7.98. The van der Waals surface area contributed by atoms with Gasteiger partial charge in [-0.1, -0.05) is 16.9 Å². The number of halogens is 2. The zero-order valence-electron chi connectivity index (χ0n) is 10.2. The number of alkyl halides is 2. The normalized spacial score (nSPS) is 11.4. The van der Waals surface area contributed by atoms with Crippen LogP contribution in [0.2, 0.25) is 0 Å². The zero-order chi connectivity index (χ0) is 13.7. The van der Waals surface area contributed by atoms with E-state index >= 15 is 0 Å². The summed E-state index contributed by atoms with van der Waals surface area (Å²) < 4.78 is 34.3. The van der Waals surface area contributed by atoms with Gasteiger partial charge in [0, 0.05) is 0 Å². The van der Waals surface area contributed by atoms with E-state index in [1.54, 1.807) is 19.1 Å². The van der Waals surface area contributed by atoms with Gasteiger partial charge in [-0.15, -0.1) is 0 Å². The fourth-order valence-corrected chi connectivity index (χ4v) is 1.89. The third-order valence-electron chi connectivity index (χ3n) is 2.21. The highest BCUT2D eigenvalue weighted by Gasteiger charge is 2.08. The van der Waals surface area contributed by atoms with Gasteiger partial charge in [-0.2, -0.15) is 13.8 Å². The average molecular weight is 289 g/mol. The lowest BCUT2D eigenvalue weighted by Gasteiger charge is -1.99. The van der Waals surface area contributed by atoms with Crippen molar-refractivity contribution in [2.75, 3.05) is 0 Å². The summed E-state index contributed by atoms with van der Waals surface area (Å²) in [4.78, 5) is 4.04. The molecule has 0 atom stereocenters. The second kappa shape index (κ2) is 6.67. The Morgan fingerprint density at radius 1 is 1.32 bits per heavy atom. The van der Waals surface area contributed by atoms with Crippen LogP contribution in [-0.2, 0) is 18.8 Å². The smallest absolute Gasteiger partial charge is 0.284 e. The number of hydrogen-bond donors (Lipinski definition) is 1. The van der Waals surface area contributed by atoms with E-state index in [9.17, 15) is 8.78 Å². The molecule has 0 aliphatic carbocycles. The van der Waals surface area contributed by atoms with Gasteiger partial charge in [0.05, 0.1) is 18.8 Å². The Balaban J connectivity index is 1.74. The number of nitrogens with zero attached hydrogens (tertiary/aromatic N) is 2. The van der Waals surface area contributed by atoms with E-state index in [0.717, 1.165) is 0 Å². The van der Waals surface area contributed by atoms with Crippen molar-refractivity contribution in [2.24, 2.45) is 0 Å². The summed E-state index contributed by atoms with van der Waals surface area (Å²) in [6, 6.07) is 3.46. The Hall–Kier alpha value is -1.41. The second-order valence-electron chi connectivity index (χ2n) is 3.78. The van der Waals surface area contributed by atoms with Crippen molar-refractivity contribution in [3.63, 3.8) is 0 Å². The molecule has 2 rings (SSSR count). The molecule has 0 saturated heterocycles. The van der Waals surface area contributed by atoms with E-state index in [-0.39, 0.29) is 5.75 Å². The van der Waals surface area contributed by atoms with Gasteiger partial charge in [-0.05, 0) is 19.1 Å². The maximum atomic E-state index is 12.0. The number of thioether (sulfide) groups is 1. The van der Waals surface area contributed by atoms with Crippen molar-refractivity contribution in [3.8, 4) is 0 Å². The van der Waals surface area contributed by atoms with Gasteiger partial charge in [-0.3, -0.25) is 0 Å². The van der Waals surface area contributed by atoms with Gasteiger partial charge in [-0.25, -0.2) is 0 Å². The third-order valence-corrected chi connectivity index (χ3v) is 2.92. The molecule has 0 fully saturated rings. The molecule has 1 N–H and O–H groups in total. The molecular formula is C11H13F2N3O2S. The summed E-state index contributed by atoms with van der Waals surface area (Å²) in [7, 11) is 0. The molecule has 0 spiro atoms.